The first-order chi connectivity index (χ1) is 10.1. The molecule has 1 aromatic rings. The lowest BCUT2D eigenvalue weighted by atomic mass is 9.84. The number of nitrogens with one attached hydrogen (secondary N) is 2. The first-order valence-electron chi connectivity index (χ1n) is 7.90. The minimum atomic E-state index is -0.0785. The second-order valence-corrected chi connectivity index (χ2v) is 7.02. The molecule has 1 aromatic carbocycles. The minimum Gasteiger partial charge on any atom is -0.335 e. The Kier molecular flexibility index (Phi) is 4.39. The Morgan fingerprint density at radius 2 is 2.24 bits per heavy atom. The number of halogens is 1. The van der Waals surface area contributed by atoms with E-state index in [9.17, 15) is 4.79 Å². The van der Waals surface area contributed by atoms with Crippen molar-refractivity contribution in [2.75, 3.05) is 0 Å². The molecule has 2 saturated carbocycles. The van der Waals surface area contributed by atoms with Crippen LogP contribution in [0.5, 0.6) is 0 Å². The summed E-state index contributed by atoms with van der Waals surface area (Å²) in [5.41, 5.74) is 1.02. The average molecular weight is 307 g/mol. The summed E-state index contributed by atoms with van der Waals surface area (Å²) < 4.78 is 0. The number of urea groups is 1. The van der Waals surface area contributed by atoms with Crippen molar-refractivity contribution in [2.24, 2.45) is 17.8 Å². The number of carbonyl (C=O) groups is 1. The van der Waals surface area contributed by atoms with Gasteiger partial charge < -0.3 is 10.6 Å². The van der Waals surface area contributed by atoms with Crippen LogP contribution in [0.15, 0.2) is 24.3 Å². The largest absolute Gasteiger partial charge is 0.335 e. The SMILES string of the molecule is CC(NC(=O)NCc1cccc(Cl)c1)C1CC2CCC1C2. The van der Waals surface area contributed by atoms with Gasteiger partial charge in [0, 0.05) is 17.6 Å². The summed E-state index contributed by atoms with van der Waals surface area (Å²) >= 11 is 5.94. The number of hydrogen-bond donors (Lipinski definition) is 2. The molecule has 0 heterocycles. The van der Waals surface area contributed by atoms with E-state index in [1.54, 1.807) is 0 Å². The fourth-order valence-electron chi connectivity index (χ4n) is 4.10. The van der Waals surface area contributed by atoms with E-state index in [4.69, 9.17) is 11.6 Å². The molecule has 2 amide bonds. The second kappa shape index (κ2) is 6.27. The van der Waals surface area contributed by atoms with Gasteiger partial charge in [-0.05, 0) is 61.6 Å². The Bertz CT molecular complexity index is 519. The normalized spacial score (nSPS) is 28.4. The molecule has 2 N–H and O–H groups in total. The smallest absolute Gasteiger partial charge is 0.315 e. The first kappa shape index (κ1) is 14.7. The molecule has 3 rings (SSSR count). The standard InChI is InChI=1S/C17H23ClN2O/c1-11(16-9-12-5-6-14(16)7-12)20-17(21)19-10-13-3-2-4-15(18)8-13/h2-4,8,11-12,14,16H,5-7,9-10H2,1H3,(H2,19,20,21). The molecule has 2 fully saturated rings. The monoisotopic (exact) mass is 306 g/mol. The van der Waals surface area contributed by atoms with Crippen LogP contribution >= 0.6 is 11.6 Å². The number of fused-ring (bicyclic) bond motifs is 2. The Balaban J connectivity index is 1.46. The van der Waals surface area contributed by atoms with Crippen LogP contribution in [0.1, 0.15) is 38.2 Å². The van der Waals surface area contributed by atoms with Gasteiger partial charge in [0.25, 0.3) is 0 Å². The van der Waals surface area contributed by atoms with Crippen molar-refractivity contribution >= 4 is 17.6 Å². The third-order valence-electron chi connectivity index (χ3n) is 5.14. The van der Waals surface area contributed by atoms with E-state index in [0.717, 1.165) is 17.4 Å². The molecule has 2 aliphatic rings. The maximum atomic E-state index is 12.0. The lowest BCUT2D eigenvalue weighted by molar-refractivity contribution is 0.220. The molecule has 0 saturated heterocycles. The summed E-state index contributed by atoms with van der Waals surface area (Å²) in [5.74, 6) is 2.41. The number of carbonyl (C=O) groups excluding carboxylic acids is 1. The predicted octanol–water partition coefficient (Wildman–Crippen LogP) is 3.96. The van der Waals surface area contributed by atoms with Crippen molar-refractivity contribution in [1.29, 1.82) is 0 Å². The Labute approximate surface area is 131 Å². The van der Waals surface area contributed by atoms with E-state index in [1.165, 1.54) is 25.7 Å². The number of amides is 2. The van der Waals surface area contributed by atoms with Crippen LogP contribution in [-0.4, -0.2) is 12.1 Å². The maximum absolute atomic E-state index is 12.0. The molecule has 0 spiro atoms. The van der Waals surface area contributed by atoms with E-state index < -0.39 is 0 Å². The van der Waals surface area contributed by atoms with Gasteiger partial charge in [-0.15, -0.1) is 0 Å². The van der Waals surface area contributed by atoms with Crippen molar-refractivity contribution in [3.8, 4) is 0 Å². The number of hydrogen-bond acceptors (Lipinski definition) is 1. The van der Waals surface area contributed by atoms with Crippen molar-refractivity contribution in [3.63, 3.8) is 0 Å². The van der Waals surface area contributed by atoms with Crippen molar-refractivity contribution < 1.29 is 4.79 Å². The zero-order valence-corrected chi connectivity index (χ0v) is 13.2. The van der Waals surface area contributed by atoms with Gasteiger partial charge in [0.05, 0.1) is 0 Å². The maximum Gasteiger partial charge on any atom is 0.315 e. The van der Waals surface area contributed by atoms with Crippen LogP contribution in [0.4, 0.5) is 4.79 Å². The zero-order valence-electron chi connectivity index (χ0n) is 12.4. The van der Waals surface area contributed by atoms with Crippen LogP contribution in [0, 0.1) is 17.8 Å². The third-order valence-corrected chi connectivity index (χ3v) is 5.37. The highest BCUT2D eigenvalue weighted by atomic mass is 35.5. The lowest BCUT2D eigenvalue weighted by Crippen LogP contribution is -2.45. The van der Waals surface area contributed by atoms with Gasteiger partial charge in [0.2, 0.25) is 0 Å². The Morgan fingerprint density at radius 1 is 1.38 bits per heavy atom. The molecule has 3 nitrogen and oxygen atoms in total. The van der Waals surface area contributed by atoms with Crippen LogP contribution in [-0.2, 0) is 6.54 Å². The molecule has 0 radical (unpaired) electrons. The van der Waals surface area contributed by atoms with Gasteiger partial charge >= 0.3 is 6.03 Å². The van der Waals surface area contributed by atoms with Gasteiger partial charge in [-0.3, -0.25) is 0 Å². The van der Waals surface area contributed by atoms with Crippen molar-refractivity contribution in [3.05, 3.63) is 34.9 Å². The van der Waals surface area contributed by atoms with Gasteiger partial charge in [-0.2, -0.15) is 0 Å². The quantitative estimate of drug-likeness (QED) is 0.868. The van der Waals surface area contributed by atoms with E-state index >= 15 is 0 Å². The molecule has 2 aliphatic carbocycles. The summed E-state index contributed by atoms with van der Waals surface area (Å²) in [6.07, 6.45) is 5.42. The third kappa shape index (κ3) is 3.52. The first-order valence-corrected chi connectivity index (χ1v) is 8.28. The molecular formula is C17H23ClN2O. The summed E-state index contributed by atoms with van der Waals surface area (Å²) in [5, 5.41) is 6.72. The van der Waals surface area contributed by atoms with Crippen LogP contribution < -0.4 is 10.6 Å². The van der Waals surface area contributed by atoms with Gasteiger partial charge in [-0.25, -0.2) is 4.79 Å². The summed E-state index contributed by atoms with van der Waals surface area (Å²) in [6, 6.07) is 7.76. The van der Waals surface area contributed by atoms with Crippen molar-refractivity contribution in [1.82, 2.24) is 10.6 Å². The van der Waals surface area contributed by atoms with Gasteiger partial charge in [0.1, 0.15) is 0 Å². The molecule has 0 aromatic heterocycles. The second-order valence-electron chi connectivity index (χ2n) is 6.58. The summed E-state index contributed by atoms with van der Waals surface area (Å²) in [6.45, 7) is 2.65. The zero-order chi connectivity index (χ0) is 14.8. The topological polar surface area (TPSA) is 41.1 Å². The van der Waals surface area contributed by atoms with E-state index in [1.807, 2.05) is 24.3 Å². The fraction of sp³-hybridized carbons (Fsp3) is 0.588. The van der Waals surface area contributed by atoms with Crippen LogP contribution in [0.3, 0.4) is 0 Å². The minimum absolute atomic E-state index is 0.0785. The lowest BCUT2D eigenvalue weighted by Gasteiger charge is -2.28. The van der Waals surface area contributed by atoms with Crippen molar-refractivity contribution in [2.45, 2.75) is 45.2 Å². The van der Waals surface area contributed by atoms with Gasteiger partial charge in [-0.1, -0.05) is 30.2 Å². The highest BCUT2D eigenvalue weighted by Crippen LogP contribution is 2.49. The highest BCUT2D eigenvalue weighted by Gasteiger charge is 2.42. The number of benzene rings is 1. The van der Waals surface area contributed by atoms with E-state index in [0.29, 0.717) is 17.5 Å². The Hall–Kier alpha value is -1.22. The highest BCUT2D eigenvalue weighted by molar-refractivity contribution is 6.30. The number of rotatable bonds is 4. The predicted molar refractivity (Wildman–Crippen MR) is 85.2 cm³/mol. The molecular weight excluding hydrogens is 284 g/mol. The molecule has 0 aliphatic heterocycles. The molecule has 21 heavy (non-hydrogen) atoms. The molecule has 4 atom stereocenters. The van der Waals surface area contributed by atoms with Crippen LogP contribution in [0.2, 0.25) is 5.02 Å². The van der Waals surface area contributed by atoms with Gasteiger partial charge in [0.15, 0.2) is 0 Å². The van der Waals surface area contributed by atoms with E-state index in [2.05, 4.69) is 17.6 Å². The molecule has 4 heteroatoms. The average Bonchev–Trinajstić information content (AvgIpc) is 3.08. The van der Waals surface area contributed by atoms with E-state index in [-0.39, 0.29) is 12.1 Å². The molecule has 2 bridgehead atoms. The molecule has 114 valence electrons. The molecule has 4 unspecified atom stereocenters. The summed E-state index contributed by atoms with van der Waals surface area (Å²) in [7, 11) is 0. The Morgan fingerprint density at radius 3 is 2.90 bits per heavy atom. The summed E-state index contributed by atoms with van der Waals surface area (Å²) in [4.78, 5) is 12.0. The fourth-order valence-corrected chi connectivity index (χ4v) is 4.31. The van der Waals surface area contributed by atoms with Crippen LogP contribution in [0.25, 0.3) is 0 Å².